The molecule has 0 aliphatic carbocycles. The number of likely N-dealkylation sites (tertiary alicyclic amines) is 1. The summed E-state index contributed by atoms with van der Waals surface area (Å²) in [5, 5.41) is 6.68. The van der Waals surface area contributed by atoms with Crippen molar-refractivity contribution in [2.24, 2.45) is 11.8 Å². The summed E-state index contributed by atoms with van der Waals surface area (Å²) in [7, 11) is 0. The molecular weight excluding hydrogens is 358 g/mol. The number of nitrogens with one attached hydrogen (secondary N) is 2. The number of rotatable bonds is 9. The standard InChI is InChI=1S/C21H39N3O2S/c1-5-8-9-17(7-3)20(26)24-12-10-21(11-13-24)23-18(15-27-21)19(25)22-14-16(4)6-2/h16-18,23H,5-15H2,1-4H3,(H,22,25). The van der Waals surface area contributed by atoms with E-state index in [1.165, 1.54) is 0 Å². The normalized spacial score (nSPS) is 24.0. The van der Waals surface area contributed by atoms with Gasteiger partial charge in [-0.3, -0.25) is 14.9 Å². The van der Waals surface area contributed by atoms with Crippen molar-refractivity contribution in [3.8, 4) is 0 Å². The van der Waals surface area contributed by atoms with Crippen LogP contribution in [0.3, 0.4) is 0 Å². The van der Waals surface area contributed by atoms with Gasteiger partial charge in [0.25, 0.3) is 0 Å². The second-order valence-corrected chi connectivity index (χ2v) is 9.74. The van der Waals surface area contributed by atoms with Crippen molar-refractivity contribution >= 4 is 23.6 Å². The van der Waals surface area contributed by atoms with Gasteiger partial charge in [0.15, 0.2) is 0 Å². The number of hydrogen-bond acceptors (Lipinski definition) is 4. The quantitative estimate of drug-likeness (QED) is 0.626. The Morgan fingerprint density at radius 1 is 1.22 bits per heavy atom. The van der Waals surface area contributed by atoms with Gasteiger partial charge in [-0.05, 0) is 31.6 Å². The third-order valence-electron chi connectivity index (χ3n) is 6.23. The largest absolute Gasteiger partial charge is 0.354 e. The molecule has 3 atom stereocenters. The van der Waals surface area contributed by atoms with Crippen LogP contribution >= 0.6 is 11.8 Å². The van der Waals surface area contributed by atoms with Gasteiger partial charge < -0.3 is 10.2 Å². The van der Waals surface area contributed by atoms with Crippen LogP contribution < -0.4 is 10.6 Å². The average molecular weight is 398 g/mol. The molecule has 156 valence electrons. The molecule has 5 nitrogen and oxygen atoms in total. The van der Waals surface area contributed by atoms with Crippen molar-refractivity contribution in [3.63, 3.8) is 0 Å². The fourth-order valence-electron chi connectivity index (χ4n) is 3.92. The minimum Gasteiger partial charge on any atom is -0.354 e. The summed E-state index contributed by atoms with van der Waals surface area (Å²) < 4.78 is 0. The van der Waals surface area contributed by atoms with Crippen molar-refractivity contribution in [3.05, 3.63) is 0 Å². The van der Waals surface area contributed by atoms with E-state index in [2.05, 4.69) is 43.2 Å². The van der Waals surface area contributed by atoms with Crippen LogP contribution in [-0.2, 0) is 9.59 Å². The highest BCUT2D eigenvalue weighted by Gasteiger charge is 2.44. The number of carbonyl (C=O) groups excluding carboxylic acids is 2. The molecule has 2 N–H and O–H groups in total. The monoisotopic (exact) mass is 397 g/mol. The molecule has 2 fully saturated rings. The number of carbonyl (C=O) groups is 2. The second-order valence-electron chi connectivity index (χ2n) is 8.33. The predicted octanol–water partition coefficient (Wildman–Crippen LogP) is 3.39. The van der Waals surface area contributed by atoms with Crippen LogP contribution in [0.2, 0.25) is 0 Å². The molecule has 2 saturated heterocycles. The minimum absolute atomic E-state index is 0.0275. The van der Waals surface area contributed by atoms with Gasteiger partial charge in [-0.2, -0.15) is 0 Å². The number of hydrogen-bond donors (Lipinski definition) is 2. The molecule has 0 bridgehead atoms. The zero-order chi connectivity index (χ0) is 19.9. The molecule has 3 unspecified atom stereocenters. The second kappa shape index (κ2) is 10.7. The van der Waals surface area contributed by atoms with Crippen molar-refractivity contribution in [1.29, 1.82) is 0 Å². The smallest absolute Gasteiger partial charge is 0.238 e. The van der Waals surface area contributed by atoms with Crippen molar-refractivity contribution in [2.75, 3.05) is 25.4 Å². The van der Waals surface area contributed by atoms with Gasteiger partial charge in [-0.1, -0.05) is 47.0 Å². The fraction of sp³-hybridized carbons (Fsp3) is 0.905. The highest BCUT2D eigenvalue weighted by atomic mass is 32.2. The summed E-state index contributed by atoms with van der Waals surface area (Å²) in [5.41, 5.74) is 0. The minimum atomic E-state index is -0.103. The van der Waals surface area contributed by atoms with Crippen molar-refractivity contribution in [1.82, 2.24) is 15.5 Å². The van der Waals surface area contributed by atoms with Crippen LogP contribution in [0.5, 0.6) is 0 Å². The Labute approximate surface area is 169 Å². The van der Waals surface area contributed by atoms with Gasteiger partial charge in [-0.25, -0.2) is 0 Å². The van der Waals surface area contributed by atoms with Gasteiger partial charge in [0, 0.05) is 31.3 Å². The predicted molar refractivity (Wildman–Crippen MR) is 114 cm³/mol. The Kier molecular flexibility index (Phi) is 8.93. The Morgan fingerprint density at radius 2 is 1.93 bits per heavy atom. The van der Waals surface area contributed by atoms with Crippen LogP contribution in [-0.4, -0.2) is 53.0 Å². The molecule has 0 saturated carbocycles. The lowest BCUT2D eigenvalue weighted by Crippen LogP contribution is -2.55. The maximum absolute atomic E-state index is 12.8. The van der Waals surface area contributed by atoms with E-state index in [0.29, 0.717) is 11.8 Å². The molecule has 2 aliphatic rings. The molecule has 2 aliphatic heterocycles. The Balaban J connectivity index is 1.81. The molecule has 0 aromatic carbocycles. The van der Waals surface area contributed by atoms with Crippen LogP contribution in [0, 0.1) is 11.8 Å². The van der Waals surface area contributed by atoms with Gasteiger partial charge in [0.2, 0.25) is 11.8 Å². The topological polar surface area (TPSA) is 61.4 Å². The van der Waals surface area contributed by atoms with E-state index in [0.717, 1.165) is 70.3 Å². The zero-order valence-electron chi connectivity index (χ0n) is 17.7. The lowest BCUT2D eigenvalue weighted by Gasteiger charge is -2.40. The number of unbranched alkanes of at least 4 members (excludes halogenated alkanes) is 1. The molecule has 2 rings (SSSR count). The van der Waals surface area contributed by atoms with E-state index >= 15 is 0 Å². The van der Waals surface area contributed by atoms with Crippen LogP contribution in [0.15, 0.2) is 0 Å². The first kappa shape index (κ1) is 22.5. The first-order valence-electron chi connectivity index (χ1n) is 10.9. The highest BCUT2D eigenvalue weighted by Crippen LogP contribution is 2.39. The van der Waals surface area contributed by atoms with E-state index in [-0.39, 0.29) is 22.7 Å². The summed E-state index contributed by atoms with van der Waals surface area (Å²) in [5.74, 6) is 2.00. The maximum Gasteiger partial charge on any atom is 0.238 e. The van der Waals surface area contributed by atoms with Gasteiger partial charge in [-0.15, -0.1) is 11.8 Å². The van der Waals surface area contributed by atoms with Crippen molar-refractivity contribution in [2.45, 2.75) is 83.6 Å². The average Bonchev–Trinajstić information content (AvgIpc) is 3.10. The molecule has 2 amide bonds. The first-order chi connectivity index (χ1) is 12.9. The van der Waals surface area contributed by atoms with E-state index in [4.69, 9.17) is 0 Å². The molecule has 27 heavy (non-hydrogen) atoms. The summed E-state index contributed by atoms with van der Waals surface area (Å²) >= 11 is 1.87. The van der Waals surface area contributed by atoms with Crippen LogP contribution in [0.4, 0.5) is 0 Å². The molecule has 1 spiro atoms. The van der Waals surface area contributed by atoms with Gasteiger partial charge in [0.1, 0.15) is 0 Å². The zero-order valence-corrected chi connectivity index (χ0v) is 18.5. The number of amides is 2. The van der Waals surface area contributed by atoms with E-state index in [1.54, 1.807) is 0 Å². The lowest BCUT2D eigenvalue weighted by molar-refractivity contribution is -0.137. The summed E-state index contributed by atoms with van der Waals surface area (Å²) in [6.45, 7) is 11.0. The molecule has 6 heteroatoms. The Bertz CT molecular complexity index is 492. The SMILES string of the molecule is CCCCC(CC)C(=O)N1CCC2(CC1)NC(C(=O)NCC(C)CC)CS2. The van der Waals surface area contributed by atoms with Gasteiger partial charge in [0.05, 0.1) is 10.9 Å². The summed E-state index contributed by atoms with van der Waals surface area (Å²) in [4.78, 5) is 27.3. The lowest BCUT2D eigenvalue weighted by atomic mass is 9.95. The first-order valence-corrected chi connectivity index (χ1v) is 11.9. The fourth-order valence-corrected chi connectivity index (χ4v) is 5.33. The third-order valence-corrected chi connectivity index (χ3v) is 7.81. The Morgan fingerprint density at radius 3 is 2.52 bits per heavy atom. The van der Waals surface area contributed by atoms with E-state index in [9.17, 15) is 9.59 Å². The third kappa shape index (κ3) is 6.11. The van der Waals surface area contributed by atoms with E-state index < -0.39 is 0 Å². The molecule has 2 heterocycles. The van der Waals surface area contributed by atoms with Crippen LogP contribution in [0.25, 0.3) is 0 Å². The van der Waals surface area contributed by atoms with E-state index in [1.807, 2.05) is 11.8 Å². The molecule has 0 aromatic heterocycles. The number of nitrogens with zero attached hydrogens (tertiary/aromatic N) is 1. The maximum atomic E-state index is 12.8. The van der Waals surface area contributed by atoms with Crippen LogP contribution in [0.1, 0.15) is 72.6 Å². The molecule has 0 radical (unpaired) electrons. The number of thioether (sulfide) groups is 1. The number of piperidine rings is 1. The molecule has 0 aromatic rings. The summed E-state index contributed by atoms with van der Waals surface area (Å²) in [6, 6.07) is -0.103. The summed E-state index contributed by atoms with van der Waals surface area (Å²) in [6.07, 6.45) is 7.18. The molecular formula is C21H39N3O2S. The van der Waals surface area contributed by atoms with Gasteiger partial charge >= 0.3 is 0 Å². The Hall–Kier alpha value is -0.750. The highest BCUT2D eigenvalue weighted by molar-refractivity contribution is 8.01. The van der Waals surface area contributed by atoms with Crippen molar-refractivity contribution < 1.29 is 9.59 Å².